The highest BCUT2D eigenvalue weighted by molar-refractivity contribution is 5.93. The number of nitrogens with zero attached hydrogens (tertiary/aromatic N) is 2. The Hall–Kier alpha value is -2.56. The van der Waals surface area contributed by atoms with Crippen LogP contribution < -0.4 is 4.74 Å². The molecule has 142 valence electrons. The molecule has 0 aliphatic rings. The van der Waals surface area contributed by atoms with Crippen molar-refractivity contribution in [3.05, 3.63) is 53.9 Å². The zero-order valence-corrected chi connectivity index (χ0v) is 16.1. The minimum absolute atomic E-state index is 0.269. The Kier molecular flexibility index (Phi) is 5.68. The zero-order chi connectivity index (χ0) is 19.6. The van der Waals surface area contributed by atoms with E-state index in [1.165, 1.54) is 12.3 Å². The van der Waals surface area contributed by atoms with Crippen LogP contribution in [0.1, 0.15) is 32.8 Å². The predicted octanol–water partition coefficient (Wildman–Crippen LogP) is 5.94. The van der Waals surface area contributed by atoms with Gasteiger partial charge in [-0.3, -0.25) is 9.97 Å². The molecule has 3 nitrogen and oxygen atoms in total. The molecule has 0 amide bonds. The Morgan fingerprint density at radius 1 is 1.07 bits per heavy atom. The number of fused-ring (bicyclic) bond motifs is 1. The van der Waals surface area contributed by atoms with Gasteiger partial charge in [-0.25, -0.2) is 8.78 Å². The molecule has 1 atom stereocenters. The van der Waals surface area contributed by atoms with Gasteiger partial charge in [-0.1, -0.05) is 20.8 Å². The summed E-state index contributed by atoms with van der Waals surface area (Å²) in [6, 6.07) is 5.65. The van der Waals surface area contributed by atoms with E-state index in [1.807, 2.05) is 13.0 Å². The number of hydrogen-bond acceptors (Lipinski definition) is 3. The second-order valence-corrected chi connectivity index (χ2v) is 7.52. The molecule has 27 heavy (non-hydrogen) atoms. The minimum atomic E-state index is -0.645. The van der Waals surface area contributed by atoms with Gasteiger partial charge in [0.05, 0.1) is 24.0 Å². The Balaban J connectivity index is 1.89. The molecule has 5 heteroatoms. The molecule has 3 aromatic rings. The number of hydrogen-bond donors (Lipinski definition) is 0. The second kappa shape index (κ2) is 7.99. The zero-order valence-electron chi connectivity index (χ0n) is 16.1. The van der Waals surface area contributed by atoms with Crippen molar-refractivity contribution in [2.75, 3.05) is 6.61 Å². The van der Waals surface area contributed by atoms with Gasteiger partial charge in [0, 0.05) is 29.3 Å². The molecule has 0 aliphatic carbocycles. The van der Waals surface area contributed by atoms with Crippen LogP contribution in [0, 0.1) is 30.4 Å². The molecular formula is C22H24F2N2O. The second-order valence-electron chi connectivity index (χ2n) is 7.52. The van der Waals surface area contributed by atoms with E-state index in [0.717, 1.165) is 23.8 Å². The van der Waals surface area contributed by atoms with E-state index in [4.69, 9.17) is 4.74 Å². The summed E-state index contributed by atoms with van der Waals surface area (Å²) < 4.78 is 33.7. The average Bonchev–Trinajstić information content (AvgIpc) is 2.59. The van der Waals surface area contributed by atoms with Gasteiger partial charge in [-0.05, 0) is 42.9 Å². The van der Waals surface area contributed by atoms with E-state index in [1.54, 1.807) is 12.3 Å². The van der Waals surface area contributed by atoms with Crippen LogP contribution in [0.5, 0.6) is 5.75 Å². The summed E-state index contributed by atoms with van der Waals surface area (Å²) in [4.78, 5) is 8.52. The van der Waals surface area contributed by atoms with Crippen LogP contribution in [-0.2, 0) is 0 Å². The van der Waals surface area contributed by atoms with E-state index in [0.29, 0.717) is 29.7 Å². The summed E-state index contributed by atoms with van der Waals surface area (Å²) in [5, 5.41) is 0.269. The Bertz CT molecular complexity index is 956. The van der Waals surface area contributed by atoms with E-state index < -0.39 is 11.6 Å². The first-order valence-electron chi connectivity index (χ1n) is 9.18. The molecule has 0 fully saturated rings. The Labute approximate surface area is 158 Å². The fourth-order valence-electron chi connectivity index (χ4n) is 3.36. The molecule has 1 unspecified atom stereocenters. The molecule has 0 N–H and O–H groups in total. The van der Waals surface area contributed by atoms with Crippen molar-refractivity contribution in [3.8, 4) is 17.0 Å². The number of rotatable bonds is 6. The van der Waals surface area contributed by atoms with Gasteiger partial charge in [-0.15, -0.1) is 0 Å². The summed E-state index contributed by atoms with van der Waals surface area (Å²) in [5.74, 6) is 0.518. The van der Waals surface area contributed by atoms with E-state index in [-0.39, 0.29) is 10.9 Å². The molecule has 0 bridgehead atoms. The van der Waals surface area contributed by atoms with Crippen LogP contribution >= 0.6 is 0 Å². The number of ether oxygens (including phenoxy) is 1. The summed E-state index contributed by atoms with van der Waals surface area (Å²) >= 11 is 0. The largest absolute Gasteiger partial charge is 0.491 e. The Morgan fingerprint density at radius 3 is 2.56 bits per heavy atom. The molecule has 0 saturated heterocycles. The van der Waals surface area contributed by atoms with Crippen LogP contribution in [0.15, 0.2) is 36.7 Å². The van der Waals surface area contributed by atoms with Crippen molar-refractivity contribution in [1.29, 1.82) is 0 Å². The van der Waals surface area contributed by atoms with Gasteiger partial charge in [0.15, 0.2) is 0 Å². The average molecular weight is 370 g/mol. The molecule has 0 spiro atoms. The number of benzene rings is 1. The van der Waals surface area contributed by atoms with Gasteiger partial charge >= 0.3 is 0 Å². The highest BCUT2D eigenvalue weighted by atomic mass is 19.1. The summed E-state index contributed by atoms with van der Waals surface area (Å²) in [7, 11) is 0. The number of aromatic nitrogens is 2. The van der Waals surface area contributed by atoms with Crippen LogP contribution in [0.3, 0.4) is 0 Å². The third-order valence-corrected chi connectivity index (χ3v) is 4.49. The first-order chi connectivity index (χ1) is 12.8. The van der Waals surface area contributed by atoms with Crippen LogP contribution in [0.25, 0.3) is 22.2 Å². The fourth-order valence-corrected chi connectivity index (χ4v) is 3.36. The lowest BCUT2D eigenvalue weighted by Crippen LogP contribution is -2.11. The quantitative estimate of drug-likeness (QED) is 0.538. The lowest BCUT2D eigenvalue weighted by Gasteiger charge is -2.16. The van der Waals surface area contributed by atoms with E-state index >= 15 is 0 Å². The molecule has 2 heterocycles. The summed E-state index contributed by atoms with van der Waals surface area (Å²) in [6.07, 6.45) is 4.30. The summed E-state index contributed by atoms with van der Waals surface area (Å²) in [6.45, 7) is 9.13. The third-order valence-electron chi connectivity index (χ3n) is 4.49. The van der Waals surface area contributed by atoms with Gasteiger partial charge in [0.1, 0.15) is 17.4 Å². The van der Waals surface area contributed by atoms with Crippen molar-refractivity contribution >= 4 is 10.9 Å². The topological polar surface area (TPSA) is 35.0 Å². The van der Waals surface area contributed by atoms with E-state index in [9.17, 15) is 8.78 Å². The molecule has 0 saturated carbocycles. The molecular weight excluding hydrogens is 346 g/mol. The number of halogens is 2. The van der Waals surface area contributed by atoms with Crippen molar-refractivity contribution in [2.45, 2.75) is 34.1 Å². The van der Waals surface area contributed by atoms with Crippen molar-refractivity contribution < 1.29 is 13.5 Å². The molecule has 0 radical (unpaired) electrons. The van der Waals surface area contributed by atoms with Crippen LogP contribution in [0.2, 0.25) is 0 Å². The molecule has 0 aliphatic heterocycles. The van der Waals surface area contributed by atoms with Crippen molar-refractivity contribution in [1.82, 2.24) is 9.97 Å². The Morgan fingerprint density at radius 2 is 1.85 bits per heavy atom. The highest BCUT2D eigenvalue weighted by Gasteiger charge is 2.14. The first kappa shape index (κ1) is 19.2. The monoisotopic (exact) mass is 370 g/mol. The maximum atomic E-state index is 14.4. The third kappa shape index (κ3) is 4.41. The predicted molar refractivity (Wildman–Crippen MR) is 104 cm³/mol. The lowest BCUT2D eigenvalue weighted by atomic mass is 10.00. The highest BCUT2D eigenvalue weighted by Crippen LogP contribution is 2.31. The van der Waals surface area contributed by atoms with Crippen LogP contribution in [-0.4, -0.2) is 16.6 Å². The van der Waals surface area contributed by atoms with E-state index in [2.05, 4.69) is 30.7 Å². The first-order valence-corrected chi connectivity index (χ1v) is 9.18. The van der Waals surface area contributed by atoms with Crippen LogP contribution in [0.4, 0.5) is 8.78 Å². The normalized spacial score (nSPS) is 12.6. The van der Waals surface area contributed by atoms with Gasteiger partial charge < -0.3 is 4.74 Å². The standard InChI is InChI=1S/C22H24F2N2O/c1-13(2)7-14(3)12-27-21-11-26-19(8-15(21)4)17-5-6-25-20-10-16(23)9-18(24)22(17)20/h5-6,8-11,13-14H,7,12H2,1-4H3. The molecule has 1 aromatic carbocycles. The van der Waals surface area contributed by atoms with Gasteiger partial charge in [0.2, 0.25) is 0 Å². The lowest BCUT2D eigenvalue weighted by molar-refractivity contribution is 0.237. The van der Waals surface area contributed by atoms with Gasteiger partial charge in [-0.2, -0.15) is 0 Å². The maximum Gasteiger partial charge on any atom is 0.140 e. The smallest absolute Gasteiger partial charge is 0.140 e. The minimum Gasteiger partial charge on any atom is -0.491 e. The SMILES string of the molecule is Cc1cc(-c2ccnc3cc(F)cc(F)c23)ncc1OCC(C)CC(C)C. The summed E-state index contributed by atoms with van der Waals surface area (Å²) in [5.41, 5.74) is 2.38. The molecule has 2 aromatic heterocycles. The number of pyridine rings is 2. The van der Waals surface area contributed by atoms with Crippen molar-refractivity contribution in [3.63, 3.8) is 0 Å². The maximum absolute atomic E-state index is 14.4. The molecule has 3 rings (SSSR count). The number of aryl methyl sites for hydroxylation is 1. The van der Waals surface area contributed by atoms with Crippen molar-refractivity contribution in [2.24, 2.45) is 11.8 Å². The van der Waals surface area contributed by atoms with Gasteiger partial charge in [0.25, 0.3) is 0 Å². The fraction of sp³-hybridized carbons (Fsp3) is 0.364.